The number of rotatable bonds is 6. The van der Waals surface area contributed by atoms with Gasteiger partial charge in [0.05, 0.1) is 11.5 Å². The molecule has 0 aromatic carbocycles. The maximum absolute atomic E-state index is 11.9. The van der Waals surface area contributed by atoms with Crippen LogP contribution in [0.15, 0.2) is 0 Å². The van der Waals surface area contributed by atoms with Crippen molar-refractivity contribution in [3.63, 3.8) is 0 Å². The molecule has 1 amide bonds. The third-order valence-electron chi connectivity index (χ3n) is 3.32. The number of aliphatic hydroxyl groups is 1. The third kappa shape index (κ3) is 5.88. The van der Waals surface area contributed by atoms with Gasteiger partial charge in [-0.15, -0.1) is 0 Å². The van der Waals surface area contributed by atoms with Gasteiger partial charge in [0.25, 0.3) is 0 Å². The van der Waals surface area contributed by atoms with E-state index in [2.05, 4.69) is 10.6 Å². The molecule has 0 bridgehead atoms. The molecule has 0 radical (unpaired) electrons. The molecule has 1 fully saturated rings. The van der Waals surface area contributed by atoms with Gasteiger partial charge in [0.1, 0.15) is 0 Å². The molecule has 0 aliphatic carbocycles. The van der Waals surface area contributed by atoms with Crippen LogP contribution in [0.4, 0.5) is 0 Å². The molecule has 7 heteroatoms. The molecule has 3 N–H and O–H groups in total. The Morgan fingerprint density at radius 1 is 1.47 bits per heavy atom. The Balaban J connectivity index is 2.46. The number of hydrogen-bond acceptors (Lipinski definition) is 5. The molecule has 6 nitrogen and oxygen atoms in total. The fourth-order valence-corrected chi connectivity index (χ4v) is 3.64. The van der Waals surface area contributed by atoms with Crippen molar-refractivity contribution in [2.75, 3.05) is 24.7 Å². The molecule has 0 aromatic heterocycles. The van der Waals surface area contributed by atoms with Crippen LogP contribution in [0.1, 0.15) is 26.7 Å². The lowest BCUT2D eigenvalue weighted by Gasteiger charge is -2.26. The zero-order valence-corrected chi connectivity index (χ0v) is 12.4. The average molecular weight is 292 g/mol. The van der Waals surface area contributed by atoms with Gasteiger partial charge >= 0.3 is 0 Å². The standard InChI is InChI=1S/C12H24N2O4S/c1-9(2)11(3-5-15)14-12(16)7-10-8-19(17,18)6-4-13-10/h9-11,13,15H,3-8H2,1-2H3,(H,14,16). The van der Waals surface area contributed by atoms with Gasteiger partial charge in [-0.3, -0.25) is 4.79 Å². The summed E-state index contributed by atoms with van der Waals surface area (Å²) in [6, 6.07) is -0.376. The van der Waals surface area contributed by atoms with Crippen molar-refractivity contribution in [3.8, 4) is 0 Å². The summed E-state index contributed by atoms with van der Waals surface area (Å²) >= 11 is 0. The predicted octanol–water partition coefficient (Wildman–Crippen LogP) is -0.714. The minimum atomic E-state index is -3.02. The largest absolute Gasteiger partial charge is 0.396 e. The first-order valence-corrected chi connectivity index (χ1v) is 8.50. The van der Waals surface area contributed by atoms with Gasteiger partial charge in [-0.05, 0) is 12.3 Å². The van der Waals surface area contributed by atoms with Crippen molar-refractivity contribution >= 4 is 15.7 Å². The van der Waals surface area contributed by atoms with E-state index < -0.39 is 9.84 Å². The maximum Gasteiger partial charge on any atom is 0.221 e. The van der Waals surface area contributed by atoms with Crippen LogP contribution in [0.3, 0.4) is 0 Å². The summed E-state index contributed by atoms with van der Waals surface area (Å²) in [7, 11) is -3.02. The van der Waals surface area contributed by atoms with Crippen LogP contribution in [0.5, 0.6) is 0 Å². The van der Waals surface area contributed by atoms with Crippen molar-refractivity contribution in [1.82, 2.24) is 10.6 Å². The predicted molar refractivity (Wildman–Crippen MR) is 73.5 cm³/mol. The molecule has 0 spiro atoms. The summed E-state index contributed by atoms with van der Waals surface area (Å²) in [5.74, 6) is 0.234. The number of sulfone groups is 1. The summed E-state index contributed by atoms with van der Waals surface area (Å²) in [6.45, 7) is 4.39. The number of nitrogens with one attached hydrogen (secondary N) is 2. The zero-order chi connectivity index (χ0) is 14.5. The molecule has 19 heavy (non-hydrogen) atoms. The lowest BCUT2D eigenvalue weighted by Crippen LogP contribution is -2.49. The average Bonchev–Trinajstić information content (AvgIpc) is 2.26. The summed E-state index contributed by atoms with van der Waals surface area (Å²) in [6.07, 6.45) is 0.674. The first-order valence-electron chi connectivity index (χ1n) is 6.68. The van der Waals surface area contributed by atoms with Crippen LogP contribution in [0, 0.1) is 5.92 Å². The Bertz CT molecular complexity index is 395. The molecule has 0 saturated carbocycles. The van der Waals surface area contributed by atoms with Crippen molar-refractivity contribution < 1.29 is 18.3 Å². The molecular formula is C12H24N2O4S. The normalized spacial score (nSPS) is 24.1. The molecule has 2 atom stereocenters. The Morgan fingerprint density at radius 3 is 2.68 bits per heavy atom. The van der Waals surface area contributed by atoms with Gasteiger partial charge in [-0.1, -0.05) is 13.8 Å². The van der Waals surface area contributed by atoms with Crippen LogP contribution >= 0.6 is 0 Å². The maximum atomic E-state index is 11.9. The fraction of sp³-hybridized carbons (Fsp3) is 0.917. The molecule has 112 valence electrons. The van der Waals surface area contributed by atoms with Crippen molar-refractivity contribution in [2.45, 2.75) is 38.8 Å². The highest BCUT2D eigenvalue weighted by atomic mass is 32.2. The molecule has 1 saturated heterocycles. The molecule has 2 unspecified atom stereocenters. The summed E-state index contributed by atoms with van der Waals surface area (Å²) in [5.41, 5.74) is 0. The van der Waals surface area contributed by atoms with E-state index in [4.69, 9.17) is 5.11 Å². The minimum Gasteiger partial charge on any atom is -0.396 e. The number of carbonyl (C=O) groups is 1. The van der Waals surface area contributed by atoms with Crippen LogP contribution in [-0.2, 0) is 14.6 Å². The van der Waals surface area contributed by atoms with E-state index in [1.807, 2.05) is 13.8 Å². The van der Waals surface area contributed by atoms with E-state index in [0.717, 1.165) is 0 Å². The van der Waals surface area contributed by atoms with Gasteiger partial charge in [0.2, 0.25) is 5.91 Å². The highest BCUT2D eigenvalue weighted by Gasteiger charge is 2.26. The van der Waals surface area contributed by atoms with E-state index in [1.54, 1.807) is 0 Å². The van der Waals surface area contributed by atoms with Crippen LogP contribution < -0.4 is 10.6 Å². The molecule has 1 heterocycles. The number of carbonyl (C=O) groups excluding carboxylic acids is 1. The Labute approximate surface area is 114 Å². The summed E-state index contributed by atoms with van der Waals surface area (Å²) in [4.78, 5) is 11.9. The van der Waals surface area contributed by atoms with Crippen molar-refractivity contribution in [1.29, 1.82) is 0 Å². The molecule has 1 aliphatic heterocycles. The van der Waals surface area contributed by atoms with Crippen molar-refractivity contribution in [2.24, 2.45) is 5.92 Å². The van der Waals surface area contributed by atoms with Crippen LogP contribution in [0.2, 0.25) is 0 Å². The number of hydrogen-bond donors (Lipinski definition) is 3. The topological polar surface area (TPSA) is 95.5 Å². The van der Waals surface area contributed by atoms with E-state index in [-0.39, 0.29) is 48.4 Å². The smallest absolute Gasteiger partial charge is 0.221 e. The van der Waals surface area contributed by atoms with E-state index in [0.29, 0.717) is 13.0 Å². The van der Waals surface area contributed by atoms with Crippen molar-refractivity contribution in [3.05, 3.63) is 0 Å². The highest BCUT2D eigenvalue weighted by Crippen LogP contribution is 2.08. The zero-order valence-electron chi connectivity index (χ0n) is 11.6. The van der Waals surface area contributed by atoms with Gasteiger partial charge in [0, 0.05) is 31.7 Å². The SMILES string of the molecule is CC(C)C(CCO)NC(=O)CC1CS(=O)(=O)CCN1. The summed E-state index contributed by atoms with van der Waals surface area (Å²) in [5, 5.41) is 14.9. The molecular weight excluding hydrogens is 268 g/mol. The van der Waals surface area contributed by atoms with E-state index in [9.17, 15) is 13.2 Å². The Hall–Kier alpha value is -0.660. The lowest BCUT2D eigenvalue weighted by molar-refractivity contribution is -0.122. The second kappa shape index (κ2) is 7.21. The van der Waals surface area contributed by atoms with Gasteiger partial charge < -0.3 is 15.7 Å². The Kier molecular flexibility index (Phi) is 6.22. The third-order valence-corrected chi connectivity index (χ3v) is 5.06. The quantitative estimate of drug-likeness (QED) is 0.601. The lowest BCUT2D eigenvalue weighted by atomic mass is 10.0. The Morgan fingerprint density at radius 2 is 2.16 bits per heavy atom. The second-order valence-electron chi connectivity index (χ2n) is 5.40. The second-order valence-corrected chi connectivity index (χ2v) is 7.63. The first kappa shape index (κ1) is 16.4. The van der Waals surface area contributed by atoms with Gasteiger partial charge in [0.15, 0.2) is 9.84 Å². The first-order chi connectivity index (χ1) is 8.84. The van der Waals surface area contributed by atoms with Crippen LogP contribution in [-0.4, -0.2) is 56.2 Å². The van der Waals surface area contributed by atoms with E-state index >= 15 is 0 Å². The highest BCUT2D eigenvalue weighted by molar-refractivity contribution is 7.91. The van der Waals surface area contributed by atoms with Gasteiger partial charge in [-0.25, -0.2) is 8.42 Å². The van der Waals surface area contributed by atoms with Crippen LogP contribution in [0.25, 0.3) is 0 Å². The van der Waals surface area contributed by atoms with E-state index in [1.165, 1.54) is 0 Å². The van der Waals surface area contributed by atoms with Gasteiger partial charge in [-0.2, -0.15) is 0 Å². The molecule has 1 aliphatic rings. The molecule has 0 aromatic rings. The monoisotopic (exact) mass is 292 g/mol. The minimum absolute atomic E-state index is 0.0206. The molecule has 1 rings (SSSR count). The number of amides is 1. The fourth-order valence-electron chi connectivity index (χ4n) is 2.20. The number of aliphatic hydroxyl groups excluding tert-OH is 1. The summed E-state index contributed by atoms with van der Waals surface area (Å²) < 4.78 is 22.9.